The average molecular weight is 248 g/mol. The van der Waals surface area contributed by atoms with Crippen molar-refractivity contribution >= 4 is 11.7 Å². The van der Waals surface area contributed by atoms with Crippen molar-refractivity contribution in [3.05, 3.63) is 30.2 Å². The zero-order valence-electron chi connectivity index (χ0n) is 11.4. The Morgan fingerprint density at radius 3 is 2.67 bits per heavy atom. The second-order valence-corrected chi connectivity index (χ2v) is 5.06. The monoisotopic (exact) mass is 248 g/mol. The Labute approximate surface area is 108 Å². The van der Waals surface area contributed by atoms with Crippen LogP contribution in [-0.2, 0) is 0 Å². The van der Waals surface area contributed by atoms with Crippen LogP contribution in [0.1, 0.15) is 37.1 Å². The highest BCUT2D eigenvalue weighted by molar-refractivity contribution is 5.93. The second kappa shape index (κ2) is 5.62. The number of aromatic nitrogens is 2. The van der Waals surface area contributed by atoms with Crippen molar-refractivity contribution in [1.29, 1.82) is 0 Å². The van der Waals surface area contributed by atoms with Crippen molar-refractivity contribution in [2.75, 3.05) is 11.9 Å². The topological polar surface area (TPSA) is 66.9 Å². The molecular weight excluding hydrogens is 228 g/mol. The molecule has 5 nitrogen and oxygen atoms in total. The van der Waals surface area contributed by atoms with Crippen LogP contribution in [0.5, 0.6) is 0 Å². The van der Waals surface area contributed by atoms with E-state index in [1.54, 1.807) is 19.1 Å². The highest BCUT2D eigenvalue weighted by Gasteiger charge is 2.17. The van der Waals surface area contributed by atoms with Crippen molar-refractivity contribution in [1.82, 2.24) is 15.3 Å². The fourth-order valence-electron chi connectivity index (χ4n) is 1.36. The fourth-order valence-corrected chi connectivity index (χ4v) is 1.36. The SMILES string of the molecule is C=CCNc1cc(C(=O)NC(C)(C)C)nc(C)n1. The van der Waals surface area contributed by atoms with E-state index in [1.807, 2.05) is 20.8 Å². The van der Waals surface area contributed by atoms with Crippen molar-refractivity contribution in [2.24, 2.45) is 0 Å². The van der Waals surface area contributed by atoms with E-state index in [1.165, 1.54) is 0 Å². The number of rotatable bonds is 4. The lowest BCUT2D eigenvalue weighted by Crippen LogP contribution is -2.41. The van der Waals surface area contributed by atoms with Gasteiger partial charge in [-0.3, -0.25) is 4.79 Å². The maximum Gasteiger partial charge on any atom is 0.270 e. The first-order chi connectivity index (χ1) is 8.31. The summed E-state index contributed by atoms with van der Waals surface area (Å²) in [5.41, 5.74) is 0.0777. The van der Waals surface area contributed by atoms with Gasteiger partial charge in [-0.05, 0) is 27.7 Å². The van der Waals surface area contributed by atoms with Crippen molar-refractivity contribution in [2.45, 2.75) is 33.2 Å². The first-order valence-corrected chi connectivity index (χ1v) is 5.85. The molecule has 0 aliphatic rings. The maximum atomic E-state index is 12.0. The van der Waals surface area contributed by atoms with Gasteiger partial charge in [-0.2, -0.15) is 0 Å². The van der Waals surface area contributed by atoms with Crippen LogP contribution in [0.3, 0.4) is 0 Å². The molecule has 1 amide bonds. The van der Waals surface area contributed by atoms with E-state index in [0.717, 1.165) is 0 Å². The Bertz CT molecular complexity index is 449. The van der Waals surface area contributed by atoms with E-state index in [2.05, 4.69) is 27.2 Å². The molecule has 0 saturated carbocycles. The number of aryl methyl sites for hydroxylation is 1. The predicted octanol–water partition coefficient (Wildman–Crippen LogP) is 1.91. The summed E-state index contributed by atoms with van der Waals surface area (Å²) in [7, 11) is 0. The van der Waals surface area contributed by atoms with Gasteiger partial charge in [0, 0.05) is 18.2 Å². The van der Waals surface area contributed by atoms with E-state index in [9.17, 15) is 4.79 Å². The Morgan fingerprint density at radius 2 is 2.11 bits per heavy atom. The van der Waals surface area contributed by atoms with Gasteiger partial charge in [0.05, 0.1) is 0 Å². The first-order valence-electron chi connectivity index (χ1n) is 5.85. The minimum Gasteiger partial charge on any atom is -0.366 e. The van der Waals surface area contributed by atoms with E-state index in [0.29, 0.717) is 23.9 Å². The highest BCUT2D eigenvalue weighted by atomic mass is 16.2. The van der Waals surface area contributed by atoms with Crippen LogP contribution < -0.4 is 10.6 Å². The van der Waals surface area contributed by atoms with Gasteiger partial charge in [-0.1, -0.05) is 6.08 Å². The standard InChI is InChI=1S/C13H20N4O/c1-6-7-14-11-8-10(15-9(2)16-11)12(18)17-13(3,4)5/h6,8H,1,7H2,2-5H3,(H,17,18)(H,14,15,16). The van der Waals surface area contributed by atoms with Gasteiger partial charge in [0.25, 0.3) is 5.91 Å². The molecule has 0 atom stereocenters. The Balaban J connectivity index is 2.91. The smallest absolute Gasteiger partial charge is 0.270 e. The third-order valence-electron chi connectivity index (χ3n) is 1.99. The van der Waals surface area contributed by atoms with Crippen molar-refractivity contribution < 1.29 is 4.79 Å². The largest absolute Gasteiger partial charge is 0.366 e. The molecule has 2 N–H and O–H groups in total. The molecule has 0 saturated heterocycles. The number of carbonyl (C=O) groups is 1. The molecule has 0 aliphatic carbocycles. The molecular formula is C13H20N4O. The predicted molar refractivity (Wildman–Crippen MR) is 72.7 cm³/mol. The van der Waals surface area contributed by atoms with Crippen LogP contribution in [0.15, 0.2) is 18.7 Å². The Hall–Kier alpha value is -1.91. The van der Waals surface area contributed by atoms with E-state index >= 15 is 0 Å². The number of anilines is 1. The zero-order chi connectivity index (χ0) is 13.8. The molecule has 0 aromatic carbocycles. The van der Waals surface area contributed by atoms with E-state index in [-0.39, 0.29) is 11.4 Å². The minimum absolute atomic E-state index is 0.199. The Morgan fingerprint density at radius 1 is 1.44 bits per heavy atom. The summed E-state index contributed by atoms with van der Waals surface area (Å²) in [6.45, 7) is 11.7. The molecule has 0 radical (unpaired) electrons. The normalized spacial score (nSPS) is 10.9. The summed E-state index contributed by atoms with van der Waals surface area (Å²) in [6, 6.07) is 1.64. The van der Waals surface area contributed by atoms with Crippen LogP contribution in [0.25, 0.3) is 0 Å². The third kappa shape index (κ3) is 4.53. The molecule has 18 heavy (non-hydrogen) atoms. The minimum atomic E-state index is -0.287. The van der Waals surface area contributed by atoms with Gasteiger partial charge >= 0.3 is 0 Å². The molecule has 0 unspecified atom stereocenters. The van der Waals surface area contributed by atoms with Crippen LogP contribution in [-0.4, -0.2) is 28.0 Å². The summed E-state index contributed by atoms with van der Waals surface area (Å²) in [5, 5.41) is 5.91. The number of carbonyl (C=O) groups excluding carboxylic acids is 1. The molecule has 1 aromatic heterocycles. The average Bonchev–Trinajstić information content (AvgIpc) is 2.23. The maximum absolute atomic E-state index is 12.0. The third-order valence-corrected chi connectivity index (χ3v) is 1.99. The summed E-state index contributed by atoms with van der Waals surface area (Å²) in [4.78, 5) is 20.3. The van der Waals surface area contributed by atoms with E-state index in [4.69, 9.17) is 0 Å². The van der Waals surface area contributed by atoms with Crippen LogP contribution in [0.4, 0.5) is 5.82 Å². The Kier molecular flexibility index (Phi) is 4.42. The number of hydrogen-bond acceptors (Lipinski definition) is 4. The lowest BCUT2D eigenvalue weighted by molar-refractivity contribution is 0.0914. The molecule has 5 heteroatoms. The lowest BCUT2D eigenvalue weighted by Gasteiger charge is -2.20. The van der Waals surface area contributed by atoms with Crippen LogP contribution in [0, 0.1) is 6.92 Å². The van der Waals surface area contributed by atoms with Gasteiger partial charge in [0.1, 0.15) is 17.3 Å². The number of nitrogens with one attached hydrogen (secondary N) is 2. The number of amides is 1. The quantitative estimate of drug-likeness (QED) is 0.799. The molecule has 0 fully saturated rings. The zero-order valence-corrected chi connectivity index (χ0v) is 11.4. The summed E-state index contributed by atoms with van der Waals surface area (Å²) >= 11 is 0. The number of nitrogens with zero attached hydrogens (tertiary/aromatic N) is 2. The highest BCUT2D eigenvalue weighted by Crippen LogP contribution is 2.08. The van der Waals surface area contributed by atoms with Gasteiger partial charge in [0.15, 0.2) is 0 Å². The number of hydrogen-bond donors (Lipinski definition) is 2. The van der Waals surface area contributed by atoms with Crippen molar-refractivity contribution in [3.8, 4) is 0 Å². The van der Waals surface area contributed by atoms with Gasteiger partial charge < -0.3 is 10.6 Å². The van der Waals surface area contributed by atoms with E-state index < -0.39 is 0 Å². The van der Waals surface area contributed by atoms with Crippen LogP contribution in [0.2, 0.25) is 0 Å². The molecule has 1 rings (SSSR count). The summed E-state index contributed by atoms with van der Waals surface area (Å²) < 4.78 is 0. The molecule has 0 spiro atoms. The molecule has 1 heterocycles. The second-order valence-electron chi connectivity index (χ2n) is 5.06. The fraction of sp³-hybridized carbons (Fsp3) is 0.462. The van der Waals surface area contributed by atoms with Gasteiger partial charge in [0.2, 0.25) is 0 Å². The van der Waals surface area contributed by atoms with Crippen LogP contribution >= 0.6 is 0 Å². The summed E-state index contributed by atoms with van der Waals surface area (Å²) in [6.07, 6.45) is 1.73. The summed E-state index contributed by atoms with van der Waals surface area (Å²) in [5.74, 6) is 0.985. The first kappa shape index (κ1) is 14.2. The lowest BCUT2D eigenvalue weighted by atomic mass is 10.1. The van der Waals surface area contributed by atoms with Gasteiger partial charge in [-0.15, -0.1) is 6.58 Å². The molecule has 0 aliphatic heterocycles. The molecule has 1 aromatic rings. The van der Waals surface area contributed by atoms with Gasteiger partial charge in [-0.25, -0.2) is 9.97 Å². The molecule has 0 bridgehead atoms. The van der Waals surface area contributed by atoms with Crippen molar-refractivity contribution in [3.63, 3.8) is 0 Å². The molecule has 98 valence electrons.